The van der Waals surface area contributed by atoms with Crippen molar-refractivity contribution in [3.8, 4) is 15.8 Å². The smallest absolute Gasteiger partial charge is 0.263 e. The van der Waals surface area contributed by atoms with Crippen LogP contribution in [-0.4, -0.2) is 60.3 Å². The molecule has 3 aromatic heterocycles. The van der Waals surface area contributed by atoms with Crippen molar-refractivity contribution < 1.29 is 14.3 Å². The normalized spacial score (nSPS) is 14.0. The van der Waals surface area contributed by atoms with Gasteiger partial charge in [-0.3, -0.25) is 4.79 Å². The summed E-state index contributed by atoms with van der Waals surface area (Å²) in [5, 5.41) is 5.77. The third-order valence-corrected chi connectivity index (χ3v) is 6.70. The van der Waals surface area contributed by atoms with E-state index >= 15 is 0 Å². The summed E-state index contributed by atoms with van der Waals surface area (Å²) in [7, 11) is 0. The fourth-order valence-corrected chi connectivity index (χ4v) is 4.85. The third-order valence-electron chi connectivity index (χ3n) is 4.51. The molecule has 1 N–H and O–H groups in total. The first-order chi connectivity index (χ1) is 14.6. The van der Waals surface area contributed by atoms with Gasteiger partial charge < -0.3 is 19.7 Å². The van der Waals surface area contributed by atoms with E-state index in [2.05, 4.69) is 25.2 Å². The molecule has 1 aliphatic heterocycles. The first-order valence-electron chi connectivity index (χ1n) is 9.71. The zero-order valence-electron chi connectivity index (χ0n) is 16.9. The number of aryl methyl sites for hydroxylation is 2. The van der Waals surface area contributed by atoms with Crippen molar-refractivity contribution >= 4 is 34.4 Å². The van der Waals surface area contributed by atoms with E-state index in [0.29, 0.717) is 42.9 Å². The van der Waals surface area contributed by atoms with Crippen LogP contribution in [-0.2, 0) is 4.74 Å². The minimum absolute atomic E-state index is 0.135. The van der Waals surface area contributed by atoms with Crippen LogP contribution in [0.15, 0.2) is 23.6 Å². The lowest BCUT2D eigenvalue weighted by molar-refractivity contribution is 0.0950. The predicted octanol–water partition coefficient (Wildman–Crippen LogP) is 2.92. The van der Waals surface area contributed by atoms with Crippen LogP contribution in [0.1, 0.15) is 21.2 Å². The van der Waals surface area contributed by atoms with Crippen molar-refractivity contribution in [1.82, 2.24) is 20.3 Å². The van der Waals surface area contributed by atoms with Crippen molar-refractivity contribution in [1.29, 1.82) is 0 Å². The lowest BCUT2D eigenvalue weighted by Gasteiger charge is -2.28. The number of thiazole rings is 1. The van der Waals surface area contributed by atoms with Gasteiger partial charge in [-0.15, -0.1) is 22.7 Å². The largest absolute Gasteiger partial charge is 0.476 e. The maximum Gasteiger partial charge on any atom is 0.263 e. The van der Waals surface area contributed by atoms with Gasteiger partial charge in [-0.05, 0) is 25.3 Å². The van der Waals surface area contributed by atoms with Crippen LogP contribution in [0.5, 0.6) is 5.88 Å². The molecule has 0 saturated carbocycles. The Bertz CT molecular complexity index is 1000. The van der Waals surface area contributed by atoms with E-state index in [4.69, 9.17) is 9.47 Å². The summed E-state index contributed by atoms with van der Waals surface area (Å²) >= 11 is 3.02. The second kappa shape index (κ2) is 9.50. The summed E-state index contributed by atoms with van der Waals surface area (Å²) in [6.45, 7) is 7.38. The molecule has 158 valence electrons. The van der Waals surface area contributed by atoms with Crippen molar-refractivity contribution in [2.75, 3.05) is 44.4 Å². The fourth-order valence-electron chi connectivity index (χ4n) is 3.07. The van der Waals surface area contributed by atoms with Gasteiger partial charge in [-0.2, -0.15) is 4.98 Å². The quantitative estimate of drug-likeness (QED) is 0.559. The maximum atomic E-state index is 12.5. The number of ether oxygens (including phenoxy) is 2. The molecule has 1 fully saturated rings. The van der Waals surface area contributed by atoms with Crippen LogP contribution < -0.4 is 15.0 Å². The number of thiophene rings is 1. The lowest BCUT2D eigenvalue weighted by atomic mass is 10.3. The molecule has 0 atom stereocenters. The second-order valence-electron chi connectivity index (χ2n) is 6.73. The Morgan fingerprint density at radius 2 is 2.10 bits per heavy atom. The molecular formula is C20H23N5O3S2. The highest BCUT2D eigenvalue weighted by atomic mass is 32.1. The van der Waals surface area contributed by atoms with Gasteiger partial charge in [0.25, 0.3) is 5.91 Å². The number of hydrogen-bond acceptors (Lipinski definition) is 9. The molecule has 4 heterocycles. The Balaban J connectivity index is 1.31. The van der Waals surface area contributed by atoms with Crippen molar-refractivity contribution in [2.24, 2.45) is 0 Å². The van der Waals surface area contributed by atoms with Gasteiger partial charge in [-0.25, -0.2) is 9.97 Å². The SMILES string of the molecule is Cc1nc(OCCNC(=O)c2sc(-c3cccs3)nc2C)cc(N2CCOCC2)n1. The first kappa shape index (κ1) is 20.7. The minimum atomic E-state index is -0.135. The number of amides is 1. The topological polar surface area (TPSA) is 89.5 Å². The molecule has 1 amide bonds. The number of anilines is 1. The lowest BCUT2D eigenvalue weighted by Crippen LogP contribution is -2.37. The Hall–Kier alpha value is -2.56. The molecule has 0 bridgehead atoms. The number of hydrogen-bond donors (Lipinski definition) is 1. The highest BCUT2D eigenvalue weighted by Gasteiger charge is 2.17. The van der Waals surface area contributed by atoms with E-state index < -0.39 is 0 Å². The fraction of sp³-hybridized carbons (Fsp3) is 0.400. The van der Waals surface area contributed by atoms with Gasteiger partial charge in [0.05, 0.1) is 30.3 Å². The highest BCUT2D eigenvalue weighted by molar-refractivity contribution is 7.22. The van der Waals surface area contributed by atoms with Crippen LogP contribution in [0.25, 0.3) is 9.88 Å². The van der Waals surface area contributed by atoms with Crippen LogP contribution in [0.2, 0.25) is 0 Å². The zero-order valence-corrected chi connectivity index (χ0v) is 18.5. The average Bonchev–Trinajstić information content (AvgIpc) is 3.41. The number of nitrogens with zero attached hydrogens (tertiary/aromatic N) is 4. The zero-order chi connectivity index (χ0) is 20.9. The van der Waals surface area contributed by atoms with Crippen LogP contribution >= 0.6 is 22.7 Å². The molecule has 1 saturated heterocycles. The molecular weight excluding hydrogens is 422 g/mol. The monoisotopic (exact) mass is 445 g/mol. The summed E-state index contributed by atoms with van der Waals surface area (Å²) in [6.07, 6.45) is 0. The van der Waals surface area contributed by atoms with E-state index in [1.807, 2.05) is 37.4 Å². The standard InChI is InChI=1S/C20H23N5O3S2/c1-13-18(30-20(22-13)15-4-3-11-29-15)19(26)21-5-8-28-17-12-16(23-14(2)24-17)25-6-9-27-10-7-25/h3-4,11-12H,5-10H2,1-2H3,(H,21,26). The molecule has 30 heavy (non-hydrogen) atoms. The molecule has 0 aliphatic carbocycles. The van der Waals surface area contributed by atoms with Crippen molar-refractivity contribution in [3.63, 3.8) is 0 Å². The van der Waals surface area contributed by atoms with Crippen LogP contribution in [0.4, 0.5) is 5.82 Å². The van der Waals surface area contributed by atoms with Gasteiger partial charge in [0, 0.05) is 19.2 Å². The summed E-state index contributed by atoms with van der Waals surface area (Å²) in [4.78, 5) is 29.7. The average molecular weight is 446 g/mol. The Morgan fingerprint density at radius 3 is 2.87 bits per heavy atom. The molecule has 0 aromatic carbocycles. The summed E-state index contributed by atoms with van der Waals surface area (Å²) in [6, 6.07) is 5.82. The molecule has 0 spiro atoms. The number of aromatic nitrogens is 3. The van der Waals surface area contributed by atoms with E-state index in [9.17, 15) is 4.79 Å². The molecule has 0 unspecified atom stereocenters. The molecule has 3 aromatic rings. The summed E-state index contributed by atoms with van der Waals surface area (Å²) in [5.74, 6) is 1.86. The predicted molar refractivity (Wildman–Crippen MR) is 118 cm³/mol. The summed E-state index contributed by atoms with van der Waals surface area (Å²) in [5.41, 5.74) is 0.739. The summed E-state index contributed by atoms with van der Waals surface area (Å²) < 4.78 is 11.2. The van der Waals surface area contributed by atoms with Gasteiger partial charge >= 0.3 is 0 Å². The third kappa shape index (κ3) is 4.94. The van der Waals surface area contributed by atoms with E-state index in [1.165, 1.54) is 11.3 Å². The number of nitrogens with one attached hydrogen (secondary N) is 1. The van der Waals surface area contributed by atoms with E-state index in [0.717, 1.165) is 34.5 Å². The molecule has 10 heteroatoms. The first-order valence-corrected chi connectivity index (χ1v) is 11.4. The van der Waals surface area contributed by atoms with Crippen LogP contribution in [0, 0.1) is 13.8 Å². The van der Waals surface area contributed by atoms with Gasteiger partial charge in [0.15, 0.2) is 0 Å². The number of morpholine rings is 1. The molecule has 1 aliphatic rings. The van der Waals surface area contributed by atoms with Gasteiger partial charge in [0.2, 0.25) is 5.88 Å². The number of carbonyl (C=O) groups is 1. The van der Waals surface area contributed by atoms with E-state index in [1.54, 1.807) is 11.3 Å². The Morgan fingerprint density at radius 1 is 1.27 bits per heavy atom. The molecule has 8 nitrogen and oxygen atoms in total. The van der Waals surface area contributed by atoms with Gasteiger partial charge in [-0.1, -0.05) is 6.07 Å². The highest BCUT2D eigenvalue weighted by Crippen LogP contribution is 2.30. The van der Waals surface area contributed by atoms with Crippen molar-refractivity contribution in [2.45, 2.75) is 13.8 Å². The van der Waals surface area contributed by atoms with Crippen LogP contribution in [0.3, 0.4) is 0 Å². The number of carbonyl (C=O) groups excluding carboxylic acids is 1. The Kier molecular flexibility index (Phi) is 6.56. The van der Waals surface area contributed by atoms with Crippen molar-refractivity contribution in [3.05, 3.63) is 40.0 Å². The maximum absolute atomic E-state index is 12.5. The molecule has 4 rings (SSSR count). The van der Waals surface area contributed by atoms with Gasteiger partial charge in [0.1, 0.15) is 28.1 Å². The molecule has 0 radical (unpaired) electrons. The van der Waals surface area contributed by atoms with E-state index in [-0.39, 0.29) is 5.91 Å². The Labute approximate surface area is 182 Å². The minimum Gasteiger partial charge on any atom is -0.476 e. The second-order valence-corrected chi connectivity index (χ2v) is 8.67. The number of rotatable bonds is 7.